The summed E-state index contributed by atoms with van der Waals surface area (Å²) in [5.41, 5.74) is 5.50. The van der Waals surface area contributed by atoms with E-state index in [0.29, 0.717) is 6.04 Å². The second-order valence-corrected chi connectivity index (χ2v) is 7.18. The Kier molecular flexibility index (Phi) is 5.13. The van der Waals surface area contributed by atoms with Crippen molar-refractivity contribution in [1.29, 1.82) is 0 Å². The number of nitrogens with zero attached hydrogens (tertiary/aromatic N) is 2. The molecule has 1 atom stereocenters. The Hall–Kier alpha value is -1.66. The molecule has 124 valence electrons. The number of thiophene rings is 1. The van der Waals surface area contributed by atoms with Crippen molar-refractivity contribution in [2.75, 3.05) is 19.6 Å². The molecule has 3 rings (SSSR count). The lowest BCUT2D eigenvalue weighted by atomic mass is 10.0. The van der Waals surface area contributed by atoms with Gasteiger partial charge in [0.05, 0.1) is 6.04 Å². The SMILES string of the molecule is NC(=O)[C@H]1CCCN1C1CCN(C(=O)/C=C/c2cccs2)CC1. The Morgan fingerprint density at radius 3 is 2.65 bits per heavy atom. The minimum absolute atomic E-state index is 0.0738. The number of primary amides is 1. The van der Waals surface area contributed by atoms with Crippen LogP contribution in [0.15, 0.2) is 23.6 Å². The lowest BCUT2D eigenvalue weighted by Gasteiger charge is -2.38. The highest BCUT2D eigenvalue weighted by atomic mass is 32.1. The van der Waals surface area contributed by atoms with Gasteiger partial charge in [-0.2, -0.15) is 0 Å². The highest BCUT2D eigenvalue weighted by Crippen LogP contribution is 2.26. The summed E-state index contributed by atoms with van der Waals surface area (Å²) in [6.45, 7) is 2.45. The molecule has 0 radical (unpaired) electrons. The first-order valence-electron chi connectivity index (χ1n) is 8.20. The largest absolute Gasteiger partial charge is 0.368 e. The van der Waals surface area contributed by atoms with Gasteiger partial charge in [0.1, 0.15) is 0 Å². The molecule has 2 fully saturated rings. The van der Waals surface area contributed by atoms with Crippen molar-refractivity contribution in [3.8, 4) is 0 Å². The first-order chi connectivity index (χ1) is 11.1. The van der Waals surface area contributed by atoms with Crippen molar-refractivity contribution < 1.29 is 9.59 Å². The third-order valence-corrected chi connectivity index (χ3v) is 5.64. The number of nitrogens with two attached hydrogens (primary N) is 1. The molecule has 1 aromatic rings. The fourth-order valence-electron chi connectivity index (χ4n) is 3.59. The summed E-state index contributed by atoms with van der Waals surface area (Å²) in [6.07, 6.45) is 7.29. The van der Waals surface area contributed by atoms with Gasteiger partial charge >= 0.3 is 0 Å². The third kappa shape index (κ3) is 3.82. The van der Waals surface area contributed by atoms with E-state index in [2.05, 4.69) is 4.90 Å². The van der Waals surface area contributed by atoms with Gasteiger partial charge in [0.15, 0.2) is 0 Å². The molecule has 2 aliphatic rings. The molecule has 2 aliphatic heterocycles. The average molecular weight is 333 g/mol. The molecule has 0 bridgehead atoms. The number of piperidine rings is 1. The van der Waals surface area contributed by atoms with Gasteiger partial charge in [-0.15, -0.1) is 11.3 Å². The quantitative estimate of drug-likeness (QED) is 0.853. The molecule has 0 saturated carbocycles. The molecule has 1 aromatic heterocycles. The highest BCUT2D eigenvalue weighted by Gasteiger charge is 2.35. The standard InChI is InChI=1S/C17H23N3O2S/c18-17(22)15-4-1-9-20(15)13-7-10-19(11-8-13)16(21)6-5-14-3-2-12-23-14/h2-3,5-6,12-13,15H,1,4,7-11H2,(H2,18,22)/b6-5+/t15-/m1/s1. The summed E-state index contributed by atoms with van der Waals surface area (Å²) < 4.78 is 0. The van der Waals surface area contributed by atoms with Gasteiger partial charge in [-0.05, 0) is 49.8 Å². The molecule has 6 heteroatoms. The van der Waals surface area contributed by atoms with Gasteiger partial charge < -0.3 is 10.6 Å². The molecule has 2 saturated heterocycles. The van der Waals surface area contributed by atoms with Crippen LogP contribution < -0.4 is 5.73 Å². The van der Waals surface area contributed by atoms with Crippen molar-refractivity contribution in [2.45, 2.75) is 37.8 Å². The van der Waals surface area contributed by atoms with Crippen LogP contribution in [0.1, 0.15) is 30.6 Å². The fraction of sp³-hybridized carbons (Fsp3) is 0.529. The van der Waals surface area contributed by atoms with Crippen LogP contribution in [0.3, 0.4) is 0 Å². The van der Waals surface area contributed by atoms with Gasteiger partial charge in [-0.25, -0.2) is 0 Å². The van der Waals surface area contributed by atoms with Gasteiger partial charge in [0, 0.05) is 30.1 Å². The molecule has 5 nitrogen and oxygen atoms in total. The van der Waals surface area contributed by atoms with Crippen molar-refractivity contribution in [3.63, 3.8) is 0 Å². The summed E-state index contributed by atoms with van der Waals surface area (Å²) in [4.78, 5) is 29.0. The highest BCUT2D eigenvalue weighted by molar-refractivity contribution is 7.10. The molecule has 0 aromatic carbocycles. The minimum atomic E-state index is -0.208. The topological polar surface area (TPSA) is 66.6 Å². The first kappa shape index (κ1) is 16.2. The van der Waals surface area contributed by atoms with Crippen LogP contribution in [0.4, 0.5) is 0 Å². The van der Waals surface area contributed by atoms with Crippen LogP contribution in [0.25, 0.3) is 6.08 Å². The van der Waals surface area contributed by atoms with Gasteiger partial charge in [0.25, 0.3) is 0 Å². The second-order valence-electron chi connectivity index (χ2n) is 6.20. The van der Waals surface area contributed by atoms with E-state index in [9.17, 15) is 9.59 Å². The minimum Gasteiger partial charge on any atom is -0.368 e. The molecule has 2 amide bonds. The molecule has 0 aliphatic carbocycles. The normalized spacial score (nSPS) is 23.7. The van der Waals surface area contributed by atoms with E-state index in [4.69, 9.17) is 5.73 Å². The number of rotatable bonds is 4. The van der Waals surface area contributed by atoms with Crippen LogP contribution in [0, 0.1) is 0 Å². The van der Waals surface area contributed by atoms with Crippen LogP contribution in [-0.2, 0) is 9.59 Å². The zero-order valence-corrected chi connectivity index (χ0v) is 14.0. The molecule has 3 heterocycles. The van der Waals surface area contributed by atoms with Gasteiger partial charge in [-0.3, -0.25) is 14.5 Å². The maximum absolute atomic E-state index is 12.2. The van der Waals surface area contributed by atoms with E-state index in [0.717, 1.165) is 50.2 Å². The van der Waals surface area contributed by atoms with Gasteiger partial charge in [0.2, 0.25) is 11.8 Å². The molecule has 0 unspecified atom stereocenters. The van der Waals surface area contributed by atoms with E-state index in [1.807, 2.05) is 28.5 Å². The monoisotopic (exact) mass is 333 g/mol. The maximum Gasteiger partial charge on any atom is 0.246 e. The third-order valence-electron chi connectivity index (χ3n) is 4.80. The Morgan fingerprint density at radius 2 is 2.00 bits per heavy atom. The Balaban J connectivity index is 1.52. The van der Waals surface area contributed by atoms with Gasteiger partial charge in [-0.1, -0.05) is 6.07 Å². The summed E-state index contributed by atoms with van der Waals surface area (Å²) in [7, 11) is 0. The Morgan fingerprint density at radius 1 is 1.22 bits per heavy atom. The average Bonchev–Trinajstić information content (AvgIpc) is 3.24. The van der Waals surface area contributed by atoms with E-state index in [1.165, 1.54) is 0 Å². The van der Waals surface area contributed by atoms with Crippen LogP contribution in [0.2, 0.25) is 0 Å². The summed E-state index contributed by atoms with van der Waals surface area (Å²) >= 11 is 1.62. The zero-order chi connectivity index (χ0) is 16.2. The number of carbonyl (C=O) groups excluding carboxylic acids is 2. The fourth-order valence-corrected chi connectivity index (χ4v) is 4.21. The molecule has 2 N–H and O–H groups in total. The van der Waals surface area contributed by atoms with Crippen molar-refractivity contribution >= 4 is 29.2 Å². The summed E-state index contributed by atoms with van der Waals surface area (Å²) in [6, 6.07) is 4.24. The van der Waals surface area contributed by atoms with Crippen LogP contribution in [0.5, 0.6) is 0 Å². The number of amides is 2. The summed E-state index contributed by atoms with van der Waals surface area (Å²) in [5, 5.41) is 2.00. The maximum atomic E-state index is 12.2. The van der Waals surface area contributed by atoms with Crippen LogP contribution >= 0.6 is 11.3 Å². The Bertz CT molecular complexity index is 577. The van der Waals surface area contributed by atoms with E-state index in [-0.39, 0.29) is 17.9 Å². The zero-order valence-electron chi connectivity index (χ0n) is 13.2. The lowest BCUT2D eigenvalue weighted by molar-refractivity contribution is -0.129. The van der Waals surface area contributed by atoms with E-state index in [1.54, 1.807) is 17.4 Å². The number of likely N-dealkylation sites (tertiary alicyclic amines) is 2. The second kappa shape index (κ2) is 7.27. The van der Waals surface area contributed by atoms with E-state index >= 15 is 0 Å². The van der Waals surface area contributed by atoms with Crippen molar-refractivity contribution in [2.24, 2.45) is 5.73 Å². The Labute approximate surface area is 140 Å². The smallest absolute Gasteiger partial charge is 0.246 e. The predicted octanol–water partition coefficient (Wildman–Crippen LogP) is 1.70. The van der Waals surface area contributed by atoms with Crippen LogP contribution in [-0.4, -0.2) is 53.3 Å². The molecular formula is C17H23N3O2S. The van der Waals surface area contributed by atoms with Crippen molar-refractivity contribution in [1.82, 2.24) is 9.80 Å². The predicted molar refractivity (Wildman–Crippen MR) is 91.9 cm³/mol. The molecule has 0 spiro atoms. The number of hydrogen-bond donors (Lipinski definition) is 1. The van der Waals surface area contributed by atoms with E-state index < -0.39 is 0 Å². The van der Waals surface area contributed by atoms with Crippen molar-refractivity contribution in [3.05, 3.63) is 28.5 Å². The lowest BCUT2D eigenvalue weighted by Crippen LogP contribution is -2.51. The first-order valence-corrected chi connectivity index (χ1v) is 9.08. The number of carbonyl (C=O) groups is 2. The number of hydrogen-bond acceptors (Lipinski definition) is 4. The molecular weight excluding hydrogens is 310 g/mol. The summed E-state index contributed by atoms with van der Waals surface area (Å²) in [5.74, 6) is -0.135. The molecule has 23 heavy (non-hydrogen) atoms.